The van der Waals surface area contributed by atoms with Crippen LogP contribution in [0.3, 0.4) is 0 Å². The Morgan fingerprint density at radius 1 is 0.963 bits per heavy atom. The zero-order valence-corrected chi connectivity index (χ0v) is 16.4. The minimum atomic E-state index is -5.04. The van der Waals surface area contributed by atoms with Crippen LogP contribution in [0.25, 0.3) is 0 Å². The van der Waals surface area contributed by atoms with E-state index in [1.807, 2.05) is 0 Å². The molecule has 0 saturated carbocycles. The first-order chi connectivity index (χ1) is 12.8. The number of nitrogens with one attached hydrogen (secondary N) is 1. The molecule has 0 heterocycles. The van der Waals surface area contributed by atoms with Gasteiger partial charge in [0.15, 0.2) is 0 Å². The van der Waals surface area contributed by atoms with Crippen molar-refractivity contribution in [3.63, 3.8) is 0 Å². The van der Waals surface area contributed by atoms with Crippen LogP contribution in [-0.2, 0) is 4.79 Å². The lowest BCUT2D eigenvalue weighted by Crippen LogP contribution is -2.49. The van der Waals surface area contributed by atoms with Gasteiger partial charge in [0.05, 0.1) is 18.8 Å². The first kappa shape index (κ1) is 25.9. The highest BCUT2D eigenvalue weighted by Gasteiger charge is 2.40. The molecular formula is C20H36F3NO3. The Morgan fingerprint density at radius 2 is 1.44 bits per heavy atom. The van der Waals surface area contributed by atoms with Gasteiger partial charge >= 0.3 is 12.1 Å². The first-order valence-electron chi connectivity index (χ1n) is 10.2. The molecular weight excluding hydrogens is 359 g/mol. The van der Waals surface area contributed by atoms with Crippen LogP contribution < -0.4 is 5.32 Å². The van der Waals surface area contributed by atoms with Crippen LogP contribution >= 0.6 is 0 Å². The van der Waals surface area contributed by atoms with E-state index in [0.29, 0.717) is 6.42 Å². The standard InChI is InChI=1S/C20H36F3NO3/c1-2-3-4-5-6-7-8-9-10-11-12-13-14-15-18(26)17(16-25)24-19(27)20(21,22)23/h14-15,17-18,25-26H,2-13,16H2,1H3,(H,24,27). The molecule has 0 aliphatic heterocycles. The predicted octanol–water partition coefficient (Wildman–Crippen LogP) is 4.64. The summed E-state index contributed by atoms with van der Waals surface area (Å²) in [6.45, 7) is 1.44. The molecule has 0 radical (unpaired) electrons. The maximum Gasteiger partial charge on any atom is 0.471 e. The number of hydrogen-bond donors (Lipinski definition) is 3. The summed E-state index contributed by atoms with van der Waals surface area (Å²) in [7, 11) is 0. The van der Waals surface area contributed by atoms with Crippen molar-refractivity contribution in [1.29, 1.82) is 0 Å². The largest absolute Gasteiger partial charge is 0.471 e. The summed E-state index contributed by atoms with van der Waals surface area (Å²) in [5, 5.41) is 20.4. The fourth-order valence-corrected chi connectivity index (χ4v) is 2.79. The van der Waals surface area contributed by atoms with Crippen molar-refractivity contribution in [2.75, 3.05) is 6.61 Å². The summed E-state index contributed by atoms with van der Waals surface area (Å²) < 4.78 is 36.6. The lowest BCUT2D eigenvalue weighted by molar-refractivity contribution is -0.175. The van der Waals surface area contributed by atoms with Gasteiger partial charge in [0.2, 0.25) is 0 Å². The second kappa shape index (κ2) is 15.9. The van der Waals surface area contributed by atoms with Gasteiger partial charge in [-0.3, -0.25) is 4.79 Å². The zero-order chi connectivity index (χ0) is 20.5. The number of unbranched alkanes of at least 4 members (excludes halogenated alkanes) is 11. The lowest BCUT2D eigenvalue weighted by Gasteiger charge is -2.20. The maximum absolute atomic E-state index is 12.2. The van der Waals surface area contributed by atoms with E-state index in [1.54, 1.807) is 11.4 Å². The average Bonchev–Trinajstić information content (AvgIpc) is 2.62. The number of rotatable bonds is 16. The Morgan fingerprint density at radius 3 is 1.89 bits per heavy atom. The molecule has 3 N–H and O–H groups in total. The SMILES string of the molecule is CCCCCCCCCCCCCC=CC(O)C(CO)NC(=O)C(F)(F)F. The summed E-state index contributed by atoms with van der Waals surface area (Å²) in [5.74, 6) is -2.17. The Balaban J connectivity index is 3.72. The quantitative estimate of drug-likeness (QED) is 0.263. The molecule has 0 rings (SSSR count). The Labute approximate surface area is 161 Å². The second-order valence-corrected chi connectivity index (χ2v) is 7.00. The molecule has 0 bridgehead atoms. The van der Waals surface area contributed by atoms with E-state index in [2.05, 4.69) is 6.92 Å². The zero-order valence-electron chi connectivity index (χ0n) is 16.4. The van der Waals surface area contributed by atoms with Crippen molar-refractivity contribution >= 4 is 5.91 Å². The molecule has 160 valence electrons. The van der Waals surface area contributed by atoms with Gasteiger partial charge in [0.25, 0.3) is 0 Å². The molecule has 0 aromatic rings. The first-order valence-corrected chi connectivity index (χ1v) is 10.2. The molecule has 0 saturated heterocycles. The van der Waals surface area contributed by atoms with Crippen LogP contribution in [0, 0.1) is 0 Å². The van der Waals surface area contributed by atoms with Crippen molar-refractivity contribution in [2.24, 2.45) is 0 Å². The summed E-state index contributed by atoms with van der Waals surface area (Å²) in [6, 6.07) is -1.37. The fourth-order valence-electron chi connectivity index (χ4n) is 2.79. The minimum Gasteiger partial charge on any atom is -0.394 e. The number of alkyl halides is 3. The van der Waals surface area contributed by atoms with Gasteiger partial charge in [-0.15, -0.1) is 0 Å². The van der Waals surface area contributed by atoms with Crippen molar-refractivity contribution in [3.05, 3.63) is 12.2 Å². The van der Waals surface area contributed by atoms with E-state index in [4.69, 9.17) is 5.11 Å². The van der Waals surface area contributed by atoms with E-state index < -0.39 is 30.8 Å². The molecule has 0 aromatic heterocycles. The number of amides is 1. The summed E-state index contributed by atoms with van der Waals surface area (Å²) in [4.78, 5) is 10.8. The second-order valence-electron chi connectivity index (χ2n) is 7.00. The molecule has 2 atom stereocenters. The highest BCUT2D eigenvalue weighted by Crippen LogP contribution is 2.15. The van der Waals surface area contributed by atoms with Crippen molar-refractivity contribution in [2.45, 2.75) is 102 Å². The Bertz CT molecular complexity index is 400. The highest BCUT2D eigenvalue weighted by molar-refractivity contribution is 5.82. The minimum absolute atomic E-state index is 0.708. The van der Waals surface area contributed by atoms with Gasteiger partial charge in [-0.1, -0.05) is 83.3 Å². The fraction of sp³-hybridized carbons (Fsp3) is 0.850. The van der Waals surface area contributed by atoms with Gasteiger partial charge in [-0.25, -0.2) is 0 Å². The normalized spacial score (nSPS) is 14.4. The maximum atomic E-state index is 12.2. The molecule has 0 aliphatic rings. The number of halogens is 3. The highest BCUT2D eigenvalue weighted by atomic mass is 19.4. The molecule has 0 aliphatic carbocycles. The molecule has 27 heavy (non-hydrogen) atoms. The molecule has 1 amide bonds. The van der Waals surface area contributed by atoms with E-state index in [-0.39, 0.29) is 0 Å². The van der Waals surface area contributed by atoms with Crippen LogP contribution in [0.1, 0.15) is 84.0 Å². The van der Waals surface area contributed by atoms with Crippen LogP contribution in [0.2, 0.25) is 0 Å². The third kappa shape index (κ3) is 14.6. The average molecular weight is 396 g/mol. The Kier molecular flexibility index (Phi) is 15.3. The summed E-state index contributed by atoms with van der Waals surface area (Å²) in [6.07, 6.45) is 10.9. The van der Waals surface area contributed by atoms with Gasteiger partial charge in [0, 0.05) is 0 Å². The molecule has 2 unspecified atom stereocenters. The number of hydrogen-bond acceptors (Lipinski definition) is 3. The van der Waals surface area contributed by atoms with Gasteiger partial charge < -0.3 is 15.5 Å². The predicted molar refractivity (Wildman–Crippen MR) is 101 cm³/mol. The summed E-state index contributed by atoms with van der Waals surface area (Å²) >= 11 is 0. The van der Waals surface area contributed by atoms with Crippen LogP contribution in [0.4, 0.5) is 13.2 Å². The van der Waals surface area contributed by atoms with Crippen LogP contribution in [-0.4, -0.2) is 41.0 Å². The molecule has 0 aromatic carbocycles. The molecule has 0 spiro atoms. The van der Waals surface area contributed by atoms with Gasteiger partial charge in [-0.2, -0.15) is 13.2 Å². The van der Waals surface area contributed by atoms with E-state index >= 15 is 0 Å². The lowest BCUT2D eigenvalue weighted by atomic mass is 10.0. The number of allylic oxidation sites excluding steroid dienone is 1. The number of aliphatic hydroxyl groups excluding tert-OH is 2. The Hall–Kier alpha value is -1.08. The number of aliphatic hydroxyl groups is 2. The number of carbonyl (C=O) groups is 1. The molecule has 4 nitrogen and oxygen atoms in total. The third-order valence-electron chi connectivity index (χ3n) is 4.49. The summed E-state index contributed by atoms with van der Waals surface area (Å²) in [5.41, 5.74) is 0. The monoisotopic (exact) mass is 395 g/mol. The molecule has 0 fully saturated rings. The van der Waals surface area contributed by atoms with Gasteiger partial charge in [0.1, 0.15) is 0 Å². The topological polar surface area (TPSA) is 69.6 Å². The van der Waals surface area contributed by atoms with Crippen molar-refractivity contribution < 1.29 is 28.2 Å². The van der Waals surface area contributed by atoms with Gasteiger partial charge in [-0.05, 0) is 12.8 Å². The van der Waals surface area contributed by atoms with Crippen molar-refractivity contribution in [1.82, 2.24) is 5.32 Å². The van der Waals surface area contributed by atoms with E-state index in [1.165, 1.54) is 57.4 Å². The van der Waals surface area contributed by atoms with Crippen molar-refractivity contribution in [3.8, 4) is 0 Å². The molecule has 7 heteroatoms. The van der Waals surface area contributed by atoms with E-state index in [0.717, 1.165) is 19.3 Å². The van der Waals surface area contributed by atoms with Crippen LogP contribution in [0.15, 0.2) is 12.2 Å². The third-order valence-corrected chi connectivity index (χ3v) is 4.49. The smallest absolute Gasteiger partial charge is 0.394 e. The number of carbonyl (C=O) groups excluding carboxylic acids is 1. The van der Waals surface area contributed by atoms with Crippen LogP contribution in [0.5, 0.6) is 0 Å². The van der Waals surface area contributed by atoms with E-state index in [9.17, 15) is 23.1 Å².